The molecular weight excluding hydrogens is 466 g/mol. The number of benzene rings is 3. The number of halogens is 1. The fourth-order valence-electron chi connectivity index (χ4n) is 2.44. The van der Waals surface area contributed by atoms with E-state index in [-0.39, 0.29) is 12.5 Å². The predicted molar refractivity (Wildman–Crippen MR) is 120 cm³/mol. The number of amides is 1. The third kappa shape index (κ3) is 7.94. The van der Waals surface area contributed by atoms with Crippen LogP contribution in [0.1, 0.15) is 5.56 Å². The Morgan fingerprint density at radius 3 is 2.00 bits per heavy atom. The zero-order valence-corrected chi connectivity index (χ0v) is 18.1. The number of ether oxygens (including phenoxy) is 1. The van der Waals surface area contributed by atoms with Crippen molar-refractivity contribution in [2.75, 3.05) is 11.9 Å². The smallest absolute Gasteiger partial charge is 0.414 e. The van der Waals surface area contributed by atoms with Crippen molar-refractivity contribution >= 4 is 39.5 Å². The fraction of sp³-hybridized carbons (Fsp3) is 0.0870. The summed E-state index contributed by atoms with van der Waals surface area (Å²) in [6.07, 6.45) is 0. The molecule has 3 rings (SSSR count). The van der Waals surface area contributed by atoms with E-state index in [4.69, 9.17) is 24.5 Å². The van der Waals surface area contributed by atoms with E-state index in [1.165, 1.54) is 0 Å². The van der Waals surface area contributed by atoms with Crippen LogP contribution >= 0.6 is 15.9 Å². The minimum atomic E-state index is -1.82. The summed E-state index contributed by atoms with van der Waals surface area (Å²) in [6.45, 7) is 1.95. The van der Waals surface area contributed by atoms with Crippen LogP contribution in [0.25, 0.3) is 11.1 Å². The molecular formula is C23H20BrNO6. The number of nitrogens with one attached hydrogen (secondary N) is 1. The maximum absolute atomic E-state index is 12.0. The van der Waals surface area contributed by atoms with Gasteiger partial charge in [-0.05, 0) is 53.9 Å². The van der Waals surface area contributed by atoms with Crippen LogP contribution in [0, 0.1) is 6.92 Å². The summed E-state index contributed by atoms with van der Waals surface area (Å²) < 4.78 is 6.58. The second-order valence-corrected chi connectivity index (χ2v) is 7.16. The van der Waals surface area contributed by atoms with E-state index >= 15 is 0 Å². The Balaban J connectivity index is 0.000000501. The molecule has 0 spiro atoms. The van der Waals surface area contributed by atoms with E-state index in [0.717, 1.165) is 26.9 Å². The van der Waals surface area contributed by atoms with Crippen molar-refractivity contribution in [1.82, 2.24) is 0 Å². The standard InChI is InChI=1S/C21H18BrNO2.C2H2O4/c1-15-13-18(9-12-20(15)22)23-21(24)14-25-19-10-7-17(8-11-19)16-5-3-2-4-6-16;3-1(4)2(5)6/h2-13H,14H2,1H3,(H,23,24);(H,3,4)(H,5,6). The lowest BCUT2D eigenvalue weighted by molar-refractivity contribution is -0.159. The summed E-state index contributed by atoms with van der Waals surface area (Å²) >= 11 is 3.44. The lowest BCUT2D eigenvalue weighted by atomic mass is 10.1. The molecule has 0 unspecified atom stereocenters. The van der Waals surface area contributed by atoms with Gasteiger partial charge in [-0.1, -0.05) is 58.4 Å². The number of aliphatic carboxylic acids is 2. The Morgan fingerprint density at radius 1 is 0.871 bits per heavy atom. The second kappa shape index (κ2) is 11.5. The zero-order chi connectivity index (χ0) is 22.8. The van der Waals surface area contributed by atoms with E-state index < -0.39 is 11.9 Å². The van der Waals surface area contributed by atoms with Crippen LogP contribution in [-0.4, -0.2) is 34.7 Å². The van der Waals surface area contributed by atoms with Crippen molar-refractivity contribution in [3.05, 3.63) is 82.8 Å². The molecule has 3 aromatic rings. The van der Waals surface area contributed by atoms with Gasteiger partial charge in [0.1, 0.15) is 5.75 Å². The number of hydrogen-bond donors (Lipinski definition) is 3. The lowest BCUT2D eigenvalue weighted by Crippen LogP contribution is -2.20. The SMILES string of the molecule is Cc1cc(NC(=O)COc2ccc(-c3ccccc3)cc2)ccc1Br.O=C(O)C(=O)O. The monoisotopic (exact) mass is 485 g/mol. The molecule has 0 aliphatic rings. The second-order valence-electron chi connectivity index (χ2n) is 6.30. The predicted octanol–water partition coefficient (Wildman–Crippen LogP) is 4.60. The molecule has 0 radical (unpaired) electrons. The highest BCUT2D eigenvalue weighted by atomic mass is 79.9. The number of carbonyl (C=O) groups excluding carboxylic acids is 1. The van der Waals surface area contributed by atoms with Crippen molar-refractivity contribution in [2.24, 2.45) is 0 Å². The molecule has 160 valence electrons. The fourth-order valence-corrected chi connectivity index (χ4v) is 2.69. The highest BCUT2D eigenvalue weighted by molar-refractivity contribution is 9.10. The lowest BCUT2D eigenvalue weighted by Gasteiger charge is -2.09. The minimum absolute atomic E-state index is 0.0280. The number of hydrogen-bond acceptors (Lipinski definition) is 4. The first kappa shape index (κ1) is 23.6. The van der Waals surface area contributed by atoms with Crippen LogP contribution in [0.2, 0.25) is 0 Å². The van der Waals surface area contributed by atoms with Gasteiger partial charge in [0.25, 0.3) is 5.91 Å². The summed E-state index contributed by atoms with van der Waals surface area (Å²) in [5, 5.41) is 17.6. The van der Waals surface area contributed by atoms with Gasteiger partial charge >= 0.3 is 11.9 Å². The van der Waals surface area contributed by atoms with Crippen molar-refractivity contribution in [3.63, 3.8) is 0 Å². The van der Waals surface area contributed by atoms with Gasteiger partial charge in [-0.2, -0.15) is 0 Å². The van der Waals surface area contributed by atoms with Crippen LogP contribution in [0.4, 0.5) is 5.69 Å². The molecule has 0 aliphatic carbocycles. The van der Waals surface area contributed by atoms with E-state index in [1.54, 1.807) is 0 Å². The first-order valence-corrected chi connectivity index (χ1v) is 9.86. The molecule has 0 aromatic heterocycles. The molecule has 0 saturated carbocycles. The number of carboxylic acids is 2. The molecule has 0 aliphatic heterocycles. The number of anilines is 1. The molecule has 0 fully saturated rings. The molecule has 31 heavy (non-hydrogen) atoms. The average molecular weight is 486 g/mol. The van der Waals surface area contributed by atoms with E-state index in [1.807, 2.05) is 67.6 Å². The minimum Gasteiger partial charge on any atom is -0.484 e. The summed E-state index contributed by atoms with van der Waals surface area (Å²) in [6, 6.07) is 23.5. The highest BCUT2D eigenvalue weighted by Crippen LogP contribution is 2.22. The van der Waals surface area contributed by atoms with E-state index in [2.05, 4.69) is 33.4 Å². The largest absolute Gasteiger partial charge is 0.484 e. The van der Waals surface area contributed by atoms with Gasteiger partial charge in [0.2, 0.25) is 0 Å². The van der Waals surface area contributed by atoms with Gasteiger partial charge < -0.3 is 20.3 Å². The van der Waals surface area contributed by atoms with E-state index in [9.17, 15) is 4.79 Å². The topological polar surface area (TPSA) is 113 Å². The van der Waals surface area contributed by atoms with Crippen molar-refractivity contribution in [1.29, 1.82) is 0 Å². The summed E-state index contributed by atoms with van der Waals surface area (Å²) in [5.41, 5.74) is 4.09. The first-order valence-electron chi connectivity index (χ1n) is 9.07. The van der Waals surface area contributed by atoms with Crippen molar-refractivity contribution < 1.29 is 29.3 Å². The van der Waals surface area contributed by atoms with Gasteiger partial charge in [0.05, 0.1) is 0 Å². The Labute approximate surface area is 187 Å². The van der Waals surface area contributed by atoms with Gasteiger partial charge in [0.15, 0.2) is 6.61 Å². The van der Waals surface area contributed by atoms with Gasteiger partial charge in [-0.15, -0.1) is 0 Å². The number of aryl methyl sites for hydroxylation is 1. The number of carboxylic acid groups (broad SMARTS) is 2. The van der Waals surface area contributed by atoms with Gasteiger partial charge in [-0.3, -0.25) is 4.79 Å². The van der Waals surface area contributed by atoms with Crippen LogP contribution in [0.15, 0.2) is 77.3 Å². The average Bonchev–Trinajstić information content (AvgIpc) is 2.76. The van der Waals surface area contributed by atoms with Crippen molar-refractivity contribution in [2.45, 2.75) is 6.92 Å². The molecule has 3 aromatic carbocycles. The molecule has 0 atom stereocenters. The Morgan fingerprint density at radius 2 is 1.45 bits per heavy atom. The first-order chi connectivity index (χ1) is 14.8. The molecule has 1 amide bonds. The summed E-state index contributed by atoms with van der Waals surface area (Å²) in [7, 11) is 0. The Hall–Kier alpha value is -3.65. The summed E-state index contributed by atoms with van der Waals surface area (Å²) in [4.78, 5) is 30.2. The Kier molecular flexibility index (Phi) is 8.78. The molecule has 0 heterocycles. The van der Waals surface area contributed by atoms with E-state index in [0.29, 0.717) is 5.75 Å². The maximum Gasteiger partial charge on any atom is 0.414 e. The quantitative estimate of drug-likeness (QED) is 0.455. The van der Waals surface area contributed by atoms with Crippen LogP contribution in [0.3, 0.4) is 0 Å². The van der Waals surface area contributed by atoms with Crippen LogP contribution < -0.4 is 10.1 Å². The van der Waals surface area contributed by atoms with Gasteiger partial charge in [-0.25, -0.2) is 9.59 Å². The molecule has 7 nitrogen and oxygen atoms in total. The molecule has 0 saturated heterocycles. The summed E-state index contributed by atoms with van der Waals surface area (Å²) in [5.74, 6) is -3.17. The third-order valence-corrected chi connectivity index (χ3v) is 4.85. The maximum atomic E-state index is 12.0. The number of carbonyl (C=O) groups is 3. The molecule has 0 bridgehead atoms. The van der Waals surface area contributed by atoms with Crippen LogP contribution in [0.5, 0.6) is 5.75 Å². The van der Waals surface area contributed by atoms with Crippen LogP contribution in [-0.2, 0) is 14.4 Å². The third-order valence-electron chi connectivity index (χ3n) is 3.96. The number of rotatable bonds is 5. The zero-order valence-electron chi connectivity index (χ0n) is 16.5. The molecule has 3 N–H and O–H groups in total. The highest BCUT2D eigenvalue weighted by Gasteiger charge is 2.06. The molecule has 8 heteroatoms. The normalized spacial score (nSPS) is 9.74. The Bertz CT molecular complexity index is 1040. The van der Waals surface area contributed by atoms with Crippen molar-refractivity contribution in [3.8, 4) is 16.9 Å². The van der Waals surface area contributed by atoms with Gasteiger partial charge in [0, 0.05) is 10.2 Å².